The fraction of sp³-hybridized carbons (Fsp3) is 0.389. The molecule has 1 fully saturated rings. The minimum absolute atomic E-state index is 0. The molecule has 1 amide bonds. The molecule has 26 heavy (non-hydrogen) atoms. The van der Waals surface area contributed by atoms with Crippen LogP contribution in [0.25, 0.3) is 0 Å². The average molecular weight is 435 g/mol. The minimum Gasteiger partial charge on any atom is -0.336 e. The Hall–Kier alpha value is -0.820. The second-order valence-corrected chi connectivity index (χ2v) is 8.16. The zero-order valence-electron chi connectivity index (χ0n) is 14.2. The van der Waals surface area contributed by atoms with Crippen molar-refractivity contribution in [3.05, 3.63) is 56.2 Å². The number of amides is 1. The van der Waals surface area contributed by atoms with Crippen LogP contribution in [0, 0.1) is 0 Å². The summed E-state index contributed by atoms with van der Waals surface area (Å²) < 4.78 is 0.838. The lowest BCUT2D eigenvalue weighted by molar-refractivity contribution is 0.0629. The van der Waals surface area contributed by atoms with Gasteiger partial charge in [-0.3, -0.25) is 9.69 Å². The molecule has 0 spiro atoms. The molecule has 2 aromatic rings. The number of rotatable bonds is 3. The second-order valence-electron chi connectivity index (χ2n) is 6.36. The monoisotopic (exact) mass is 433 g/mol. The van der Waals surface area contributed by atoms with Gasteiger partial charge in [-0.25, -0.2) is 0 Å². The molecule has 4 nitrogen and oxygen atoms in total. The van der Waals surface area contributed by atoms with Gasteiger partial charge in [0.25, 0.3) is 5.91 Å². The van der Waals surface area contributed by atoms with E-state index in [1.54, 1.807) is 11.3 Å². The Bertz CT molecular complexity index is 760. The largest absolute Gasteiger partial charge is 0.336 e. The van der Waals surface area contributed by atoms with E-state index in [0.717, 1.165) is 55.7 Å². The molecule has 142 valence electrons. The maximum absolute atomic E-state index is 12.7. The van der Waals surface area contributed by atoms with Crippen molar-refractivity contribution in [3.63, 3.8) is 0 Å². The molecule has 1 aromatic heterocycles. The first-order chi connectivity index (χ1) is 11.7. The Morgan fingerprint density at radius 2 is 1.77 bits per heavy atom. The Kier molecular flexibility index (Phi) is 7.76. The summed E-state index contributed by atoms with van der Waals surface area (Å²) in [6, 6.07) is 10.1. The summed E-state index contributed by atoms with van der Waals surface area (Å²) in [5.41, 5.74) is 3.39. The molecular weight excluding hydrogens is 413 g/mol. The SMILES string of the molecule is Cl.Cl.O=C(c1ccc2c(c1)CNC2)N1CCN(Cc2ccc(Cl)s2)CC1. The molecule has 0 radical (unpaired) electrons. The van der Waals surface area contributed by atoms with Gasteiger partial charge in [0.15, 0.2) is 0 Å². The molecule has 0 saturated carbocycles. The van der Waals surface area contributed by atoms with Gasteiger partial charge in [-0.05, 0) is 35.4 Å². The van der Waals surface area contributed by atoms with E-state index < -0.39 is 0 Å². The van der Waals surface area contributed by atoms with Crippen molar-refractivity contribution >= 4 is 53.7 Å². The van der Waals surface area contributed by atoms with E-state index in [-0.39, 0.29) is 30.7 Å². The topological polar surface area (TPSA) is 35.6 Å². The van der Waals surface area contributed by atoms with E-state index in [4.69, 9.17) is 11.6 Å². The number of piperazine rings is 1. The summed E-state index contributed by atoms with van der Waals surface area (Å²) in [7, 11) is 0. The van der Waals surface area contributed by atoms with Crippen LogP contribution < -0.4 is 5.32 Å². The van der Waals surface area contributed by atoms with Crippen LogP contribution in [0.1, 0.15) is 26.4 Å². The Morgan fingerprint density at radius 1 is 1.04 bits per heavy atom. The van der Waals surface area contributed by atoms with Crippen molar-refractivity contribution < 1.29 is 4.79 Å². The maximum Gasteiger partial charge on any atom is 0.253 e. The van der Waals surface area contributed by atoms with Crippen LogP contribution in [0.2, 0.25) is 4.34 Å². The quantitative estimate of drug-likeness (QED) is 0.798. The van der Waals surface area contributed by atoms with Gasteiger partial charge in [0.2, 0.25) is 0 Å². The smallest absolute Gasteiger partial charge is 0.253 e. The zero-order valence-corrected chi connectivity index (χ0v) is 17.4. The molecule has 0 atom stereocenters. The first-order valence-corrected chi connectivity index (χ1v) is 9.47. The van der Waals surface area contributed by atoms with Gasteiger partial charge in [-0.15, -0.1) is 36.2 Å². The molecule has 0 aliphatic carbocycles. The number of halogens is 3. The molecule has 8 heteroatoms. The number of carbonyl (C=O) groups is 1. The number of hydrogen-bond acceptors (Lipinski definition) is 4. The van der Waals surface area contributed by atoms with Crippen molar-refractivity contribution in [3.8, 4) is 0 Å². The number of thiophene rings is 1. The van der Waals surface area contributed by atoms with Gasteiger partial charge in [0, 0.05) is 56.3 Å². The van der Waals surface area contributed by atoms with Gasteiger partial charge in [0.05, 0.1) is 4.34 Å². The summed E-state index contributed by atoms with van der Waals surface area (Å²) in [6.45, 7) is 6.09. The van der Waals surface area contributed by atoms with Crippen LogP contribution in [0.5, 0.6) is 0 Å². The fourth-order valence-corrected chi connectivity index (χ4v) is 4.51. The highest BCUT2D eigenvalue weighted by Crippen LogP contribution is 2.23. The summed E-state index contributed by atoms with van der Waals surface area (Å²) in [6.07, 6.45) is 0. The normalized spacial score (nSPS) is 16.6. The first kappa shape index (κ1) is 21.5. The third kappa shape index (κ3) is 4.71. The van der Waals surface area contributed by atoms with Gasteiger partial charge in [0.1, 0.15) is 0 Å². The second kappa shape index (κ2) is 9.40. The lowest BCUT2D eigenvalue weighted by Gasteiger charge is -2.34. The molecule has 2 aliphatic rings. The Balaban J connectivity index is 0.00000121. The van der Waals surface area contributed by atoms with Crippen molar-refractivity contribution in [2.24, 2.45) is 0 Å². The third-order valence-corrected chi connectivity index (χ3v) is 5.97. The molecule has 2 aliphatic heterocycles. The zero-order chi connectivity index (χ0) is 16.5. The lowest BCUT2D eigenvalue weighted by atomic mass is 10.1. The first-order valence-electron chi connectivity index (χ1n) is 8.27. The van der Waals surface area contributed by atoms with Gasteiger partial charge < -0.3 is 10.2 Å². The highest BCUT2D eigenvalue weighted by atomic mass is 35.5. The molecule has 4 rings (SSSR count). The number of fused-ring (bicyclic) bond motifs is 1. The van der Waals surface area contributed by atoms with Gasteiger partial charge in [-0.2, -0.15) is 0 Å². The number of nitrogens with one attached hydrogen (secondary N) is 1. The van der Waals surface area contributed by atoms with E-state index in [1.165, 1.54) is 16.0 Å². The van der Waals surface area contributed by atoms with Crippen LogP contribution in [0.15, 0.2) is 30.3 Å². The predicted octanol–water partition coefficient (Wildman–Crippen LogP) is 3.81. The molecule has 0 unspecified atom stereocenters. The number of benzene rings is 1. The van der Waals surface area contributed by atoms with Crippen LogP contribution in [-0.2, 0) is 19.6 Å². The Labute approximate surface area is 175 Å². The highest BCUT2D eigenvalue weighted by Gasteiger charge is 2.23. The van der Waals surface area contributed by atoms with E-state index >= 15 is 0 Å². The number of carbonyl (C=O) groups excluding carboxylic acids is 1. The van der Waals surface area contributed by atoms with E-state index in [2.05, 4.69) is 28.4 Å². The van der Waals surface area contributed by atoms with Crippen LogP contribution in [0.4, 0.5) is 0 Å². The summed E-state index contributed by atoms with van der Waals surface area (Å²) >= 11 is 7.63. The molecule has 1 aromatic carbocycles. The van der Waals surface area contributed by atoms with Crippen molar-refractivity contribution in [2.45, 2.75) is 19.6 Å². The van der Waals surface area contributed by atoms with Gasteiger partial charge in [-0.1, -0.05) is 17.7 Å². The van der Waals surface area contributed by atoms with Crippen LogP contribution in [0.3, 0.4) is 0 Å². The molecule has 1 N–H and O–H groups in total. The molecule has 3 heterocycles. The fourth-order valence-electron chi connectivity index (χ4n) is 3.38. The Morgan fingerprint density at radius 3 is 2.46 bits per heavy atom. The molecular formula is C18H22Cl3N3OS. The van der Waals surface area contributed by atoms with Crippen LogP contribution >= 0.6 is 47.8 Å². The molecule has 0 bridgehead atoms. The summed E-state index contributed by atoms with van der Waals surface area (Å²) in [4.78, 5) is 18.4. The number of nitrogens with zero attached hydrogens (tertiary/aromatic N) is 2. The number of hydrogen-bond donors (Lipinski definition) is 1. The average Bonchev–Trinajstić information content (AvgIpc) is 3.23. The van der Waals surface area contributed by atoms with Gasteiger partial charge >= 0.3 is 0 Å². The lowest BCUT2D eigenvalue weighted by Crippen LogP contribution is -2.48. The van der Waals surface area contributed by atoms with E-state index in [9.17, 15) is 4.79 Å². The van der Waals surface area contributed by atoms with E-state index in [0.29, 0.717) is 0 Å². The van der Waals surface area contributed by atoms with Crippen LogP contribution in [-0.4, -0.2) is 41.9 Å². The van der Waals surface area contributed by atoms with E-state index in [1.807, 2.05) is 17.0 Å². The predicted molar refractivity (Wildman–Crippen MR) is 112 cm³/mol. The third-order valence-electron chi connectivity index (χ3n) is 4.75. The summed E-state index contributed by atoms with van der Waals surface area (Å²) in [5.74, 6) is 0.156. The summed E-state index contributed by atoms with van der Waals surface area (Å²) in [5, 5.41) is 3.32. The minimum atomic E-state index is 0. The van der Waals surface area contributed by atoms with Crippen molar-refractivity contribution in [2.75, 3.05) is 26.2 Å². The maximum atomic E-state index is 12.7. The van der Waals surface area contributed by atoms with Crippen molar-refractivity contribution in [1.82, 2.24) is 15.1 Å². The van der Waals surface area contributed by atoms with Crippen molar-refractivity contribution in [1.29, 1.82) is 0 Å². The molecule has 1 saturated heterocycles. The highest BCUT2D eigenvalue weighted by molar-refractivity contribution is 7.16. The standard InChI is InChI=1S/C18H20ClN3OS.2ClH/c19-17-4-3-16(24-17)12-21-5-7-22(8-6-21)18(23)13-1-2-14-10-20-11-15(14)9-13;;/h1-4,9,20H,5-8,10-12H2;2*1H.